The summed E-state index contributed by atoms with van der Waals surface area (Å²) in [6.45, 7) is 0. The topological polar surface area (TPSA) is 0 Å². The van der Waals surface area contributed by atoms with E-state index in [4.69, 9.17) is 0 Å². The predicted molar refractivity (Wildman–Crippen MR) is 152 cm³/mol. The van der Waals surface area contributed by atoms with Gasteiger partial charge in [-0.15, -0.1) is 0 Å². The molecule has 6 rings (SSSR count). The van der Waals surface area contributed by atoms with Crippen LogP contribution in [0.1, 0.15) is 45.2 Å². The summed E-state index contributed by atoms with van der Waals surface area (Å²) < 4.78 is 0. The van der Waals surface area contributed by atoms with Crippen molar-refractivity contribution in [3.63, 3.8) is 0 Å². The Balaban J connectivity index is 0.000000168. The second-order valence-corrected chi connectivity index (χ2v) is 8.95. The monoisotopic (exact) mass is 518 g/mol. The first-order valence-electron chi connectivity index (χ1n) is 12.5. The van der Waals surface area contributed by atoms with Crippen LogP contribution in [0.15, 0.2) is 170 Å². The van der Waals surface area contributed by atoms with Crippen molar-refractivity contribution in [2.24, 2.45) is 0 Å². The van der Waals surface area contributed by atoms with Crippen LogP contribution in [0, 0.1) is 0 Å². The van der Waals surface area contributed by atoms with Crippen molar-refractivity contribution in [3.8, 4) is 0 Å². The van der Waals surface area contributed by atoms with Gasteiger partial charge in [-0.3, -0.25) is 0 Å². The summed E-state index contributed by atoms with van der Waals surface area (Å²) in [5, 5.41) is 0. The fourth-order valence-corrected chi connectivity index (χ4v) is 4.90. The van der Waals surface area contributed by atoms with Crippen LogP contribution in [0.3, 0.4) is 0 Å². The number of rotatable bonds is 6. The molecule has 0 radical (unpaired) electrons. The zero-order chi connectivity index (χ0) is 24.4. The zero-order valence-corrected chi connectivity index (χ0v) is 21.8. The molecule has 0 fully saturated rings. The van der Waals surface area contributed by atoms with E-state index < -0.39 is 0 Å². The molecule has 0 N–H and O–H groups in total. The smallest absolute Gasteiger partial charge is 0.213 e. The van der Waals surface area contributed by atoms with Gasteiger partial charge in [0.25, 0.3) is 0 Å². The van der Waals surface area contributed by atoms with Crippen LogP contribution in [0.2, 0.25) is 0 Å². The van der Waals surface area contributed by atoms with E-state index in [2.05, 4.69) is 170 Å². The first-order chi connectivity index (χ1) is 17.9. The van der Waals surface area contributed by atoms with Crippen LogP contribution in [-0.4, -0.2) is 0 Å². The van der Waals surface area contributed by atoms with Crippen molar-refractivity contribution in [3.05, 3.63) is 203 Å². The summed E-state index contributed by atoms with van der Waals surface area (Å²) in [6.07, 6.45) is 0. The second-order valence-electron chi connectivity index (χ2n) is 8.95. The molecule has 0 amide bonds. The van der Waals surface area contributed by atoms with Gasteiger partial charge in [0.2, 0.25) is 0 Å². The van der Waals surface area contributed by atoms with Crippen LogP contribution in [0.5, 0.6) is 0 Å². The molecule has 0 unspecified atom stereocenters. The average molecular weight is 518 g/mol. The van der Waals surface area contributed by atoms with Crippen LogP contribution in [0.25, 0.3) is 0 Å². The van der Waals surface area contributed by atoms with Gasteiger partial charge >= 0.3 is 17.1 Å². The Morgan fingerprint density at radius 1 is 0.324 bits per heavy atom. The van der Waals surface area contributed by atoms with E-state index in [0.717, 1.165) is 0 Å². The van der Waals surface area contributed by atoms with E-state index in [1.54, 1.807) is 0 Å². The molecule has 0 heterocycles. The normalized spacial score (nSPS) is 10.4. The van der Waals surface area contributed by atoms with Crippen molar-refractivity contribution in [2.75, 3.05) is 0 Å². The standard InChI is InChI=1S/2C18H15.Fe/c2*1-3-9-15(10-4-1)18(17-13-7-8-14-17)16-11-5-2-6-12-16;/h2*1-14,18H;/q2*-1;+2. The molecule has 6 aromatic rings. The van der Waals surface area contributed by atoms with Gasteiger partial charge in [-0.25, -0.2) is 24.3 Å². The first kappa shape index (κ1) is 26.2. The Morgan fingerprint density at radius 3 is 0.811 bits per heavy atom. The summed E-state index contributed by atoms with van der Waals surface area (Å²) in [5.74, 6) is 0.671. The van der Waals surface area contributed by atoms with Gasteiger partial charge in [-0.05, 0) is 22.3 Å². The minimum absolute atomic E-state index is 0. The molecule has 0 bridgehead atoms. The molecule has 0 saturated heterocycles. The number of benzene rings is 4. The third-order valence-corrected chi connectivity index (χ3v) is 6.58. The molecule has 0 nitrogen and oxygen atoms in total. The van der Waals surface area contributed by atoms with E-state index in [1.807, 2.05) is 0 Å². The number of hydrogen-bond acceptors (Lipinski definition) is 0. The third-order valence-electron chi connectivity index (χ3n) is 6.58. The molecule has 0 aliphatic heterocycles. The van der Waals surface area contributed by atoms with Crippen molar-refractivity contribution in [2.45, 2.75) is 11.8 Å². The summed E-state index contributed by atoms with van der Waals surface area (Å²) >= 11 is 0. The van der Waals surface area contributed by atoms with Crippen molar-refractivity contribution >= 4 is 0 Å². The molecule has 1 heteroatoms. The largest absolute Gasteiger partial charge is 2.00 e. The molecule has 0 atom stereocenters. The Bertz CT molecular complexity index is 1190. The van der Waals surface area contributed by atoms with E-state index in [0.29, 0.717) is 11.8 Å². The summed E-state index contributed by atoms with van der Waals surface area (Å²) in [6, 6.07) is 59.9. The number of hydrogen-bond donors (Lipinski definition) is 0. The van der Waals surface area contributed by atoms with Gasteiger partial charge in [-0.2, -0.15) is 35.4 Å². The maximum absolute atomic E-state index is 2.20. The van der Waals surface area contributed by atoms with Crippen LogP contribution >= 0.6 is 0 Å². The third kappa shape index (κ3) is 6.66. The van der Waals surface area contributed by atoms with Crippen LogP contribution in [-0.2, 0) is 17.1 Å². The van der Waals surface area contributed by atoms with Gasteiger partial charge in [0.05, 0.1) is 0 Å². The Labute approximate surface area is 231 Å². The van der Waals surface area contributed by atoms with Gasteiger partial charge in [0.15, 0.2) is 0 Å². The molecule has 37 heavy (non-hydrogen) atoms. The van der Waals surface area contributed by atoms with Crippen molar-refractivity contribution in [1.29, 1.82) is 0 Å². The molecule has 0 saturated carbocycles. The summed E-state index contributed by atoms with van der Waals surface area (Å²) in [5.41, 5.74) is 8.08. The Kier molecular flexibility index (Phi) is 9.49. The molecule has 0 aromatic heterocycles. The molecular formula is C36H30Fe. The van der Waals surface area contributed by atoms with E-state index in [9.17, 15) is 0 Å². The van der Waals surface area contributed by atoms with Gasteiger partial charge in [0, 0.05) is 11.8 Å². The van der Waals surface area contributed by atoms with Gasteiger partial charge in [0.1, 0.15) is 0 Å². The average Bonchev–Trinajstić information content (AvgIpc) is 3.68. The SMILES string of the molecule is [Fe+2].c1ccc(C(c2ccccc2)c2ccc[cH-]2)cc1.c1ccc(C(c2ccccc2)c2ccc[cH-]2)cc1. The maximum atomic E-state index is 2.20. The molecule has 6 aromatic carbocycles. The van der Waals surface area contributed by atoms with Crippen LogP contribution < -0.4 is 0 Å². The molecular weight excluding hydrogens is 488 g/mol. The van der Waals surface area contributed by atoms with Crippen molar-refractivity contribution in [1.82, 2.24) is 0 Å². The maximum Gasteiger partial charge on any atom is 2.00 e. The molecule has 182 valence electrons. The zero-order valence-electron chi connectivity index (χ0n) is 20.7. The van der Waals surface area contributed by atoms with E-state index in [1.165, 1.54) is 33.4 Å². The Hall–Kier alpha value is -3.90. The van der Waals surface area contributed by atoms with Crippen molar-refractivity contribution < 1.29 is 17.1 Å². The van der Waals surface area contributed by atoms with E-state index in [-0.39, 0.29) is 17.1 Å². The minimum atomic E-state index is 0. The fourth-order valence-electron chi connectivity index (χ4n) is 4.90. The molecule has 0 spiro atoms. The second kappa shape index (κ2) is 13.4. The molecule has 0 aliphatic carbocycles. The van der Waals surface area contributed by atoms with Crippen LogP contribution in [0.4, 0.5) is 0 Å². The molecule has 0 aliphatic rings. The van der Waals surface area contributed by atoms with Gasteiger partial charge in [-0.1, -0.05) is 121 Å². The fraction of sp³-hybridized carbons (Fsp3) is 0.0556. The van der Waals surface area contributed by atoms with Gasteiger partial charge < -0.3 is 0 Å². The predicted octanol–water partition coefficient (Wildman–Crippen LogP) is 9.17. The Morgan fingerprint density at radius 2 is 0.595 bits per heavy atom. The summed E-state index contributed by atoms with van der Waals surface area (Å²) in [4.78, 5) is 0. The summed E-state index contributed by atoms with van der Waals surface area (Å²) in [7, 11) is 0. The first-order valence-corrected chi connectivity index (χ1v) is 12.5. The quantitative estimate of drug-likeness (QED) is 0.152. The van der Waals surface area contributed by atoms with E-state index >= 15 is 0 Å². The minimum Gasteiger partial charge on any atom is -0.213 e.